The van der Waals surface area contributed by atoms with Crippen LogP contribution in [0.4, 0.5) is 5.82 Å². The molecule has 1 N–H and O–H groups in total. The maximum atomic E-state index is 12.2. The Kier molecular flexibility index (Phi) is 6.07. The van der Waals surface area contributed by atoms with Gasteiger partial charge in [0.1, 0.15) is 6.07 Å². The smallest absolute Gasteiger partial charge is 0.311 e. The third-order valence-electron chi connectivity index (χ3n) is 3.26. The highest BCUT2D eigenvalue weighted by atomic mass is 16.5. The molecule has 0 saturated heterocycles. The summed E-state index contributed by atoms with van der Waals surface area (Å²) in [5.74, 6) is -0.269. The molecule has 1 aromatic carbocycles. The monoisotopic (exact) mass is 310 g/mol. The second-order valence-corrected chi connectivity index (χ2v) is 4.88. The van der Waals surface area contributed by atoms with Crippen LogP contribution in [0.2, 0.25) is 0 Å². The lowest BCUT2D eigenvalue weighted by Gasteiger charge is -2.17. The molecule has 2 rings (SSSR count). The number of aromatic nitrogens is 2. The van der Waals surface area contributed by atoms with Gasteiger partial charge in [-0.1, -0.05) is 30.3 Å². The normalized spacial score (nSPS) is 11.3. The number of hydrogen-bond donors (Lipinski definition) is 1. The number of nitriles is 1. The van der Waals surface area contributed by atoms with E-state index in [4.69, 9.17) is 10.00 Å². The van der Waals surface area contributed by atoms with Crippen molar-refractivity contribution in [3.05, 3.63) is 54.0 Å². The Morgan fingerprint density at radius 3 is 2.74 bits per heavy atom. The van der Waals surface area contributed by atoms with Crippen LogP contribution in [0.3, 0.4) is 0 Å². The number of hydrogen-bond acceptors (Lipinski definition) is 6. The van der Waals surface area contributed by atoms with E-state index in [2.05, 4.69) is 15.3 Å². The van der Waals surface area contributed by atoms with E-state index in [1.165, 1.54) is 12.4 Å². The Bertz CT molecular complexity index is 682. The van der Waals surface area contributed by atoms with Crippen LogP contribution in [0.25, 0.3) is 0 Å². The van der Waals surface area contributed by atoms with Crippen molar-refractivity contribution in [3.63, 3.8) is 0 Å². The minimum Gasteiger partial charge on any atom is -0.466 e. The molecular formula is C17H18N4O2. The van der Waals surface area contributed by atoms with Crippen LogP contribution in [0, 0.1) is 17.2 Å². The van der Waals surface area contributed by atoms with Gasteiger partial charge in [0.15, 0.2) is 11.5 Å². The number of nitrogens with one attached hydrogen (secondary N) is 1. The van der Waals surface area contributed by atoms with E-state index >= 15 is 0 Å². The predicted molar refractivity (Wildman–Crippen MR) is 85.5 cm³/mol. The van der Waals surface area contributed by atoms with Crippen LogP contribution < -0.4 is 5.32 Å². The largest absolute Gasteiger partial charge is 0.466 e. The number of benzene rings is 1. The topological polar surface area (TPSA) is 87.9 Å². The molecule has 0 saturated carbocycles. The summed E-state index contributed by atoms with van der Waals surface area (Å²) in [5.41, 5.74) is 1.25. The van der Waals surface area contributed by atoms with E-state index < -0.39 is 0 Å². The van der Waals surface area contributed by atoms with Gasteiger partial charge < -0.3 is 10.1 Å². The quantitative estimate of drug-likeness (QED) is 0.789. The zero-order valence-electron chi connectivity index (χ0n) is 12.9. The molecule has 1 atom stereocenters. The van der Waals surface area contributed by atoms with Crippen LogP contribution in [-0.4, -0.2) is 29.1 Å². The standard InChI is InChI=1S/C17H18N4O2/c1-2-23-17(22)14(10-13-6-4-3-5-7-13)12-21-16-15(11-18)19-8-9-20-16/h3-9,14H,2,10,12H2,1H3,(H,20,21). The average Bonchev–Trinajstić information content (AvgIpc) is 2.60. The van der Waals surface area contributed by atoms with Crippen LogP contribution in [-0.2, 0) is 16.0 Å². The van der Waals surface area contributed by atoms with Crippen LogP contribution in [0.15, 0.2) is 42.7 Å². The molecule has 0 fully saturated rings. The van der Waals surface area contributed by atoms with Gasteiger partial charge in [0.05, 0.1) is 12.5 Å². The summed E-state index contributed by atoms with van der Waals surface area (Å²) < 4.78 is 5.14. The summed E-state index contributed by atoms with van der Waals surface area (Å²) in [4.78, 5) is 20.2. The van der Waals surface area contributed by atoms with Crippen molar-refractivity contribution in [2.24, 2.45) is 5.92 Å². The third kappa shape index (κ3) is 4.78. The SMILES string of the molecule is CCOC(=O)C(CNc1nccnc1C#N)Cc1ccccc1. The average molecular weight is 310 g/mol. The first kappa shape index (κ1) is 16.4. The minimum atomic E-state index is -0.370. The molecule has 1 heterocycles. The molecule has 0 aliphatic rings. The van der Waals surface area contributed by atoms with Crippen molar-refractivity contribution in [3.8, 4) is 6.07 Å². The summed E-state index contributed by atoms with van der Waals surface area (Å²) in [7, 11) is 0. The van der Waals surface area contributed by atoms with Crippen molar-refractivity contribution < 1.29 is 9.53 Å². The highest BCUT2D eigenvalue weighted by Crippen LogP contribution is 2.13. The number of ether oxygens (including phenoxy) is 1. The van der Waals surface area contributed by atoms with Gasteiger partial charge in [-0.2, -0.15) is 5.26 Å². The molecule has 23 heavy (non-hydrogen) atoms. The van der Waals surface area contributed by atoms with Crippen molar-refractivity contribution >= 4 is 11.8 Å². The van der Waals surface area contributed by atoms with Gasteiger partial charge in [-0.25, -0.2) is 9.97 Å². The molecule has 0 amide bonds. The minimum absolute atomic E-state index is 0.204. The predicted octanol–water partition coefficient (Wildman–Crippen LogP) is 2.18. The van der Waals surface area contributed by atoms with E-state index in [9.17, 15) is 4.79 Å². The van der Waals surface area contributed by atoms with E-state index in [1.54, 1.807) is 6.92 Å². The molecule has 0 aliphatic carbocycles. The fourth-order valence-corrected chi connectivity index (χ4v) is 2.17. The number of carbonyl (C=O) groups is 1. The zero-order valence-corrected chi connectivity index (χ0v) is 12.9. The molecule has 0 aliphatic heterocycles. The van der Waals surface area contributed by atoms with Crippen LogP contribution >= 0.6 is 0 Å². The number of rotatable bonds is 7. The van der Waals surface area contributed by atoms with Gasteiger partial charge in [-0.3, -0.25) is 4.79 Å². The summed E-state index contributed by atoms with van der Waals surface area (Å²) in [6, 6.07) is 11.7. The molecule has 0 radical (unpaired) electrons. The third-order valence-corrected chi connectivity index (χ3v) is 3.26. The summed E-state index contributed by atoms with van der Waals surface area (Å²) in [6.45, 7) is 2.43. The van der Waals surface area contributed by atoms with Gasteiger partial charge in [-0.05, 0) is 18.9 Å². The zero-order chi connectivity index (χ0) is 16.5. The van der Waals surface area contributed by atoms with Crippen LogP contribution in [0.1, 0.15) is 18.2 Å². The van der Waals surface area contributed by atoms with Gasteiger partial charge in [0.2, 0.25) is 0 Å². The Labute approximate surface area is 135 Å². The molecule has 6 nitrogen and oxygen atoms in total. The second-order valence-electron chi connectivity index (χ2n) is 4.88. The summed E-state index contributed by atoms with van der Waals surface area (Å²) in [6.07, 6.45) is 3.51. The number of anilines is 1. The lowest BCUT2D eigenvalue weighted by molar-refractivity contribution is -0.147. The van der Waals surface area contributed by atoms with Gasteiger partial charge >= 0.3 is 5.97 Å². The van der Waals surface area contributed by atoms with Gasteiger partial charge in [0, 0.05) is 18.9 Å². The molecular weight excluding hydrogens is 292 g/mol. The number of carbonyl (C=O) groups excluding carboxylic acids is 1. The summed E-state index contributed by atoms with van der Waals surface area (Å²) >= 11 is 0. The van der Waals surface area contributed by atoms with Crippen LogP contribution in [0.5, 0.6) is 0 Å². The first-order chi connectivity index (χ1) is 11.2. The summed E-state index contributed by atoms with van der Waals surface area (Å²) in [5, 5.41) is 12.1. The van der Waals surface area contributed by atoms with E-state index in [0.717, 1.165) is 5.56 Å². The van der Waals surface area contributed by atoms with Gasteiger partial charge in [0.25, 0.3) is 0 Å². The first-order valence-corrected chi connectivity index (χ1v) is 7.40. The molecule has 1 unspecified atom stereocenters. The van der Waals surface area contributed by atoms with E-state index in [0.29, 0.717) is 25.4 Å². The molecule has 1 aromatic heterocycles. The fourth-order valence-electron chi connectivity index (χ4n) is 2.17. The van der Waals surface area contributed by atoms with Gasteiger partial charge in [-0.15, -0.1) is 0 Å². The Morgan fingerprint density at radius 2 is 2.04 bits per heavy atom. The second kappa shape index (κ2) is 8.49. The van der Waals surface area contributed by atoms with E-state index in [-0.39, 0.29) is 17.6 Å². The highest BCUT2D eigenvalue weighted by molar-refractivity contribution is 5.73. The Balaban J connectivity index is 2.08. The van der Waals surface area contributed by atoms with Crippen molar-refractivity contribution in [1.29, 1.82) is 5.26 Å². The fraction of sp³-hybridized carbons (Fsp3) is 0.294. The Morgan fingerprint density at radius 1 is 1.30 bits per heavy atom. The maximum absolute atomic E-state index is 12.2. The lowest BCUT2D eigenvalue weighted by Crippen LogP contribution is -2.28. The van der Waals surface area contributed by atoms with Crippen molar-refractivity contribution in [2.45, 2.75) is 13.3 Å². The molecule has 2 aromatic rings. The number of esters is 1. The number of nitrogens with zero attached hydrogens (tertiary/aromatic N) is 3. The lowest BCUT2D eigenvalue weighted by atomic mass is 9.99. The van der Waals surface area contributed by atoms with Crippen molar-refractivity contribution in [1.82, 2.24) is 9.97 Å². The molecule has 0 spiro atoms. The highest BCUT2D eigenvalue weighted by Gasteiger charge is 2.21. The molecule has 6 heteroatoms. The molecule has 118 valence electrons. The maximum Gasteiger partial charge on any atom is 0.311 e. The first-order valence-electron chi connectivity index (χ1n) is 7.40. The molecule has 0 bridgehead atoms. The Hall–Kier alpha value is -2.94. The van der Waals surface area contributed by atoms with E-state index in [1.807, 2.05) is 36.4 Å². The van der Waals surface area contributed by atoms with Crippen molar-refractivity contribution in [2.75, 3.05) is 18.5 Å².